The van der Waals surface area contributed by atoms with Crippen molar-refractivity contribution in [3.05, 3.63) is 53.1 Å². The highest BCUT2D eigenvalue weighted by Gasteiger charge is 2.19. The molecular weight excluding hydrogens is 290 g/mol. The topological polar surface area (TPSA) is 55.3 Å². The van der Waals surface area contributed by atoms with Gasteiger partial charge in [0.15, 0.2) is 6.61 Å². The summed E-state index contributed by atoms with van der Waals surface area (Å²) in [5, 5.41) is 0. The van der Waals surface area contributed by atoms with E-state index in [1.54, 1.807) is 18.1 Å². The Labute approximate surface area is 137 Å². The molecule has 5 heteroatoms. The molecule has 0 N–H and O–H groups in total. The smallest absolute Gasteiger partial charge is 0.260 e. The van der Waals surface area contributed by atoms with Gasteiger partial charge in [-0.05, 0) is 50.5 Å². The first-order valence-corrected chi connectivity index (χ1v) is 7.63. The van der Waals surface area contributed by atoms with Crippen LogP contribution in [0.15, 0.2) is 30.7 Å². The Balaban J connectivity index is 2.04. The lowest BCUT2D eigenvalue weighted by Gasteiger charge is -2.25. The number of aromatic nitrogens is 2. The summed E-state index contributed by atoms with van der Waals surface area (Å²) in [6.07, 6.45) is 3.16. The maximum absolute atomic E-state index is 12.4. The largest absolute Gasteiger partial charge is 0.483 e. The predicted octanol–water partition coefficient (Wildman–Crippen LogP) is 3.00. The molecule has 5 nitrogen and oxygen atoms in total. The van der Waals surface area contributed by atoms with Crippen LogP contribution in [-0.2, 0) is 4.79 Å². The van der Waals surface area contributed by atoms with Crippen molar-refractivity contribution in [1.29, 1.82) is 0 Å². The van der Waals surface area contributed by atoms with Crippen LogP contribution >= 0.6 is 0 Å². The zero-order valence-corrected chi connectivity index (χ0v) is 14.3. The average molecular weight is 313 g/mol. The normalized spacial score (nSPS) is 11.9. The fraction of sp³-hybridized carbons (Fsp3) is 0.389. The van der Waals surface area contributed by atoms with Crippen LogP contribution in [0.25, 0.3) is 0 Å². The lowest BCUT2D eigenvalue weighted by Crippen LogP contribution is -2.34. The Hall–Kier alpha value is -2.43. The number of amides is 1. The van der Waals surface area contributed by atoms with Crippen molar-refractivity contribution in [2.75, 3.05) is 13.7 Å². The van der Waals surface area contributed by atoms with Crippen LogP contribution in [0.3, 0.4) is 0 Å². The minimum Gasteiger partial charge on any atom is -0.483 e. The molecule has 1 amide bonds. The number of rotatable bonds is 5. The third-order valence-corrected chi connectivity index (χ3v) is 4.22. The molecule has 122 valence electrons. The molecule has 1 aromatic carbocycles. The lowest BCUT2D eigenvalue weighted by atomic mass is 10.1. The summed E-state index contributed by atoms with van der Waals surface area (Å²) < 4.78 is 5.79. The summed E-state index contributed by atoms with van der Waals surface area (Å²) in [7, 11) is 1.76. The molecule has 23 heavy (non-hydrogen) atoms. The molecule has 0 aliphatic heterocycles. The Morgan fingerprint density at radius 3 is 2.57 bits per heavy atom. The Morgan fingerprint density at radius 2 is 1.91 bits per heavy atom. The lowest BCUT2D eigenvalue weighted by molar-refractivity contribution is -0.134. The van der Waals surface area contributed by atoms with Crippen molar-refractivity contribution in [2.24, 2.45) is 0 Å². The van der Waals surface area contributed by atoms with Gasteiger partial charge in [-0.2, -0.15) is 0 Å². The first-order chi connectivity index (χ1) is 10.9. The summed E-state index contributed by atoms with van der Waals surface area (Å²) >= 11 is 0. The van der Waals surface area contributed by atoms with Crippen molar-refractivity contribution in [3.63, 3.8) is 0 Å². The van der Waals surface area contributed by atoms with Crippen LogP contribution < -0.4 is 4.74 Å². The molecule has 0 bridgehead atoms. The molecule has 1 aromatic heterocycles. The van der Waals surface area contributed by atoms with Gasteiger partial charge in [-0.15, -0.1) is 0 Å². The van der Waals surface area contributed by atoms with Crippen LogP contribution in [0.2, 0.25) is 0 Å². The second kappa shape index (κ2) is 7.22. The Kier molecular flexibility index (Phi) is 5.32. The quantitative estimate of drug-likeness (QED) is 0.851. The SMILES string of the molecule is Cc1ccc(C)c(OCC(=O)N(C)[C@@H](C)c2ccncn2)c1C. The average Bonchev–Trinajstić information content (AvgIpc) is 2.57. The molecule has 0 unspecified atom stereocenters. The van der Waals surface area contributed by atoms with Crippen LogP contribution in [0.4, 0.5) is 0 Å². The summed E-state index contributed by atoms with van der Waals surface area (Å²) in [5.74, 6) is 0.706. The van der Waals surface area contributed by atoms with E-state index in [1.165, 1.54) is 6.33 Å². The molecule has 0 aliphatic rings. The molecule has 0 radical (unpaired) electrons. The van der Waals surface area contributed by atoms with Crippen LogP contribution in [0.1, 0.15) is 35.3 Å². The third-order valence-electron chi connectivity index (χ3n) is 4.22. The van der Waals surface area contributed by atoms with E-state index in [9.17, 15) is 4.79 Å². The van der Waals surface area contributed by atoms with E-state index in [-0.39, 0.29) is 18.6 Å². The zero-order chi connectivity index (χ0) is 17.0. The zero-order valence-electron chi connectivity index (χ0n) is 14.3. The predicted molar refractivity (Wildman–Crippen MR) is 89.4 cm³/mol. The molecule has 1 heterocycles. The van der Waals surface area contributed by atoms with Crippen LogP contribution in [0.5, 0.6) is 5.75 Å². The van der Waals surface area contributed by atoms with E-state index in [1.807, 2.05) is 39.8 Å². The highest BCUT2D eigenvalue weighted by atomic mass is 16.5. The summed E-state index contributed by atoms with van der Waals surface area (Å²) in [6, 6.07) is 5.75. The monoisotopic (exact) mass is 313 g/mol. The number of nitrogens with zero attached hydrogens (tertiary/aromatic N) is 3. The molecule has 0 fully saturated rings. The number of likely N-dealkylation sites (N-methyl/N-ethyl adjacent to an activating group) is 1. The van der Waals surface area contributed by atoms with E-state index in [4.69, 9.17) is 4.74 Å². The van der Waals surface area contributed by atoms with Gasteiger partial charge in [-0.25, -0.2) is 9.97 Å². The van der Waals surface area contributed by atoms with Gasteiger partial charge in [0, 0.05) is 13.2 Å². The molecule has 0 saturated carbocycles. The van der Waals surface area contributed by atoms with Gasteiger partial charge in [-0.1, -0.05) is 12.1 Å². The Morgan fingerprint density at radius 1 is 1.22 bits per heavy atom. The molecule has 0 spiro atoms. The number of carbonyl (C=O) groups excluding carboxylic acids is 1. The van der Waals surface area contributed by atoms with Gasteiger partial charge in [0.2, 0.25) is 0 Å². The van der Waals surface area contributed by atoms with E-state index in [0.29, 0.717) is 0 Å². The first-order valence-electron chi connectivity index (χ1n) is 7.63. The van der Waals surface area contributed by atoms with Gasteiger partial charge < -0.3 is 9.64 Å². The molecule has 0 saturated heterocycles. The Bertz CT molecular complexity index is 686. The van der Waals surface area contributed by atoms with Gasteiger partial charge in [-0.3, -0.25) is 4.79 Å². The highest BCUT2D eigenvalue weighted by Crippen LogP contribution is 2.26. The fourth-order valence-corrected chi connectivity index (χ4v) is 2.35. The number of benzene rings is 1. The van der Waals surface area contributed by atoms with Crippen LogP contribution in [-0.4, -0.2) is 34.4 Å². The van der Waals surface area contributed by atoms with Crippen molar-refractivity contribution in [3.8, 4) is 5.75 Å². The minimum absolute atomic E-state index is 0.0110. The minimum atomic E-state index is -0.131. The summed E-state index contributed by atoms with van der Waals surface area (Å²) in [4.78, 5) is 22.1. The molecule has 0 aliphatic carbocycles. The number of hydrogen-bond acceptors (Lipinski definition) is 4. The molecule has 2 rings (SSSR count). The van der Waals surface area contributed by atoms with Gasteiger partial charge in [0.05, 0.1) is 11.7 Å². The number of hydrogen-bond donors (Lipinski definition) is 0. The van der Waals surface area contributed by atoms with Gasteiger partial charge >= 0.3 is 0 Å². The third kappa shape index (κ3) is 3.86. The number of ether oxygens (including phenoxy) is 1. The van der Waals surface area contributed by atoms with Crippen molar-refractivity contribution >= 4 is 5.91 Å². The first kappa shape index (κ1) is 16.9. The van der Waals surface area contributed by atoms with E-state index >= 15 is 0 Å². The standard InChI is InChI=1S/C18H23N3O2/c1-12-6-7-13(2)18(14(12)3)23-10-17(22)21(5)15(4)16-8-9-19-11-20-16/h6-9,11,15H,10H2,1-5H3/t15-/m0/s1. The fourth-order valence-electron chi connectivity index (χ4n) is 2.35. The van der Waals surface area contributed by atoms with Gasteiger partial charge in [0.25, 0.3) is 5.91 Å². The van der Waals surface area contributed by atoms with E-state index in [2.05, 4.69) is 16.0 Å². The summed E-state index contributed by atoms with van der Waals surface area (Å²) in [5.41, 5.74) is 4.07. The van der Waals surface area contributed by atoms with Gasteiger partial charge in [0.1, 0.15) is 12.1 Å². The van der Waals surface area contributed by atoms with E-state index < -0.39 is 0 Å². The summed E-state index contributed by atoms with van der Waals surface area (Å²) in [6.45, 7) is 7.97. The number of aryl methyl sites for hydroxylation is 2. The van der Waals surface area contributed by atoms with Crippen molar-refractivity contribution in [2.45, 2.75) is 33.7 Å². The maximum Gasteiger partial charge on any atom is 0.260 e. The number of carbonyl (C=O) groups is 1. The molecular formula is C18H23N3O2. The highest BCUT2D eigenvalue weighted by molar-refractivity contribution is 5.78. The maximum atomic E-state index is 12.4. The molecule has 2 aromatic rings. The van der Waals surface area contributed by atoms with E-state index in [0.717, 1.165) is 28.1 Å². The second-order valence-corrected chi connectivity index (χ2v) is 5.76. The second-order valence-electron chi connectivity index (χ2n) is 5.76. The van der Waals surface area contributed by atoms with Crippen molar-refractivity contribution < 1.29 is 9.53 Å². The van der Waals surface area contributed by atoms with Crippen LogP contribution in [0, 0.1) is 20.8 Å². The van der Waals surface area contributed by atoms with Crippen molar-refractivity contribution in [1.82, 2.24) is 14.9 Å². The molecule has 1 atom stereocenters.